The molecule has 0 spiro atoms. The standard InChI is InChI=1S/C43H43N7O6S/c1-47(2)19-25-8-26(22-55-38-11-29-17-45-41-16-40-28(6-7-57-40)20-50(41)42(51)31(29)13-36(38)53-4)10-27(9-25)23-56-39-15-33-32(14-37(39)54-5)43(52)49-21-34-35(48(3)24-46-34)12-30(49)18-44-33/h6-11,13-15,17-18,24,30,41H,12,16,19-23H2,1-5H3/t30-,41-/m0/s1. The van der Waals surface area contributed by atoms with E-state index in [2.05, 4.69) is 39.5 Å². The maximum Gasteiger partial charge on any atom is 0.257 e. The SMILES string of the molecule is COc1cc2c(cc1OCc1cc(COc3cc4c(cc3OC)C(=O)N3Cc5ncn(C)c5C[C@H]3C=N4)cc(CN(C)C)c1)C=N[C@@H]1Cc3sccc3CN1C2=O. The van der Waals surface area contributed by atoms with Gasteiger partial charge >= 0.3 is 0 Å². The summed E-state index contributed by atoms with van der Waals surface area (Å²) in [5.74, 6) is 1.74. The summed E-state index contributed by atoms with van der Waals surface area (Å²) in [5, 5.41) is 2.07. The van der Waals surface area contributed by atoms with Crippen LogP contribution >= 0.6 is 11.3 Å². The highest BCUT2D eigenvalue weighted by Crippen LogP contribution is 2.40. The maximum absolute atomic E-state index is 13.9. The molecule has 9 rings (SSSR count). The molecule has 13 nitrogen and oxygen atoms in total. The molecule has 2 atom stereocenters. The number of ether oxygens (including phenoxy) is 4. The summed E-state index contributed by atoms with van der Waals surface area (Å²) in [6.07, 6.45) is 6.54. The molecule has 0 unspecified atom stereocenters. The highest BCUT2D eigenvalue weighted by Gasteiger charge is 2.36. The van der Waals surface area contributed by atoms with E-state index >= 15 is 0 Å². The van der Waals surface area contributed by atoms with E-state index in [4.69, 9.17) is 28.9 Å². The van der Waals surface area contributed by atoms with E-state index in [0.717, 1.165) is 28.1 Å². The molecule has 0 aliphatic carbocycles. The fraction of sp³-hybridized carbons (Fsp3) is 0.326. The first-order valence-corrected chi connectivity index (χ1v) is 19.7. The van der Waals surface area contributed by atoms with E-state index in [1.165, 1.54) is 10.4 Å². The minimum atomic E-state index is -0.244. The summed E-state index contributed by atoms with van der Waals surface area (Å²) >= 11 is 1.71. The molecule has 4 aliphatic heterocycles. The van der Waals surface area contributed by atoms with E-state index in [0.29, 0.717) is 77.9 Å². The predicted molar refractivity (Wildman–Crippen MR) is 216 cm³/mol. The minimum Gasteiger partial charge on any atom is -0.493 e. The smallest absolute Gasteiger partial charge is 0.257 e. The van der Waals surface area contributed by atoms with Gasteiger partial charge in [0.25, 0.3) is 11.8 Å². The van der Waals surface area contributed by atoms with Gasteiger partial charge in [-0.2, -0.15) is 0 Å². The molecule has 0 N–H and O–H groups in total. The number of aliphatic imine (C=N–C) groups is 2. The Morgan fingerprint density at radius 3 is 2.26 bits per heavy atom. The van der Waals surface area contributed by atoms with Gasteiger partial charge in [-0.25, -0.2) is 4.98 Å². The number of carbonyl (C=O) groups is 2. The second-order valence-electron chi connectivity index (χ2n) is 15.1. The zero-order valence-corrected chi connectivity index (χ0v) is 33.3. The number of rotatable bonds is 10. The van der Waals surface area contributed by atoms with Crippen LogP contribution in [-0.4, -0.2) is 89.0 Å². The Morgan fingerprint density at radius 2 is 1.53 bits per heavy atom. The molecule has 5 aromatic rings. The van der Waals surface area contributed by atoms with Crippen LogP contribution in [0.2, 0.25) is 0 Å². The first kappa shape index (κ1) is 36.6. The maximum atomic E-state index is 13.9. The monoisotopic (exact) mass is 785 g/mol. The molecule has 0 radical (unpaired) electrons. The first-order valence-electron chi connectivity index (χ1n) is 18.9. The molecule has 2 amide bonds. The quantitative estimate of drug-likeness (QED) is 0.170. The molecule has 3 aromatic carbocycles. The number of aryl methyl sites for hydroxylation is 1. The fourth-order valence-electron chi connectivity index (χ4n) is 8.10. The predicted octanol–water partition coefficient (Wildman–Crippen LogP) is 5.96. The molecule has 0 bridgehead atoms. The van der Waals surface area contributed by atoms with Crippen LogP contribution in [0.15, 0.2) is 70.2 Å². The summed E-state index contributed by atoms with van der Waals surface area (Å²) in [5.41, 5.74) is 8.39. The second-order valence-corrected chi connectivity index (χ2v) is 16.1. The molecule has 57 heavy (non-hydrogen) atoms. The first-order chi connectivity index (χ1) is 27.6. The second kappa shape index (κ2) is 14.8. The zero-order valence-electron chi connectivity index (χ0n) is 32.5. The molecule has 4 aliphatic rings. The van der Waals surface area contributed by atoms with Crippen LogP contribution in [0, 0.1) is 0 Å². The van der Waals surface area contributed by atoms with E-state index in [1.807, 2.05) is 47.8 Å². The van der Waals surface area contributed by atoms with Gasteiger partial charge in [0.1, 0.15) is 19.4 Å². The largest absolute Gasteiger partial charge is 0.493 e. The lowest BCUT2D eigenvalue weighted by Gasteiger charge is -2.32. The number of aromatic nitrogens is 2. The van der Waals surface area contributed by atoms with Crippen molar-refractivity contribution in [1.29, 1.82) is 0 Å². The summed E-state index contributed by atoms with van der Waals surface area (Å²) in [7, 11) is 9.18. The molecule has 292 valence electrons. The van der Waals surface area contributed by atoms with E-state index < -0.39 is 0 Å². The molecule has 6 heterocycles. The van der Waals surface area contributed by atoms with E-state index in [9.17, 15) is 9.59 Å². The third kappa shape index (κ3) is 6.93. The van der Waals surface area contributed by atoms with Crippen molar-refractivity contribution in [2.24, 2.45) is 17.0 Å². The number of hydrogen-bond acceptors (Lipinski definition) is 11. The highest BCUT2D eigenvalue weighted by molar-refractivity contribution is 7.10. The average Bonchev–Trinajstić information content (AvgIpc) is 3.76. The zero-order chi connectivity index (χ0) is 39.4. The van der Waals surface area contributed by atoms with E-state index in [1.54, 1.807) is 56.3 Å². The molecular weight excluding hydrogens is 743 g/mol. The Hall–Kier alpha value is -5.99. The summed E-state index contributed by atoms with van der Waals surface area (Å²) < 4.78 is 26.4. The molecule has 0 saturated carbocycles. The number of fused-ring (bicyclic) bond motifs is 6. The van der Waals surface area contributed by atoms with Crippen LogP contribution in [0.3, 0.4) is 0 Å². The number of nitrogens with zero attached hydrogens (tertiary/aromatic N) is 7. The fourth-order valence-corrected chi connectivity index (χ4v) is 9.02. The number of imidazole rings is 1. The lowest BCUT2D eigenvalue weighted by atomic mass is 10.0. The van der Waals surface area contributed by atoms with Crippen LogP contribution in [0.4, 0.5) is 5.69 Å². The van der Waals surface area contributed by atoms with Gasteiger partial charge in [-0.15, -0.1) is 11.3 Å². The van der Waals surface area contributed by atoms with Crippen molar-refractivity contribution < 1.29 is 28.5 Å². The molecule has 2 aromatic heterocycles. The normalized spacial score (nSPS) is 17.9. The third-order valence-corrected chi connectivity index (χ3v) is 11.9. The lowest BCUT2D eigenvalue weighted by molar-refractivity contribution is 0.0653. The Labute approximate surface area is 334 Å². The van der Waals surface area contributed by atoms with Crippen molar-refractivity contribution >= 4 is 41.3 Å². The van der Waals surface area contributed by atoms with Crippen molar-refractivity contribution in [3.8, 4) is 23.0 Å². The topological polar surface area (TPSA) is 123 Å². The summed E-state index contributed by atoms with van der Waals surface area (Å²) in [6.45, 7) is 2.15. The van der Waals surface area contributed by atoms with Crippen LogP contribution in [0.5, 0.6) is 23.0 Å². The van der Waals surface area contributed by atoms with Crippen molar-refractivity contribution in [3.05, 3.63) is 115 Å². The van der Waals surface area contributed by atoms with Gasteiger partial charge in [0, 0.05) is 67.6 Å². The number of amides is 2. The van der Waals surface area contributed by atoms with Crippen LogP contribution in [0.25, 0.3) is 0 Å². The van der Waals surface area contributed by atoms with Crippen molar-refractivity contribution in [2.75, 3.05) is 28.3 Å². The number of thiophene rings is 1. The number of methoxy groups -OCH3 is 2. The number of hydrogen-bond donors (Lipinski definition) is 0. The van der Waals surface area contributed by atoms with Crippen molar-refractivity contribution in [3.63, 3.8) is 0 Å². The molecule has 14 heteroatoms. The third-order valence-electron chi connectivity index (χ3n) is 10.9. The van der Waals surface area contributed by atoms with Crippen molar-refractivity contribution in [2.45, 2.75) is 57.9 Å². The van der Waals surface area contributed by atoms with Gasteiger partial charge < -0.3 is 38.2 Å². The Balaban J connectivity index is 0.945. The van der Waals surface area contributed by atoms with Gasteiger partial charge in [-0.3, -0.25) is 19.6 Å². The summed E-state index contributed by atoms with van der Waals surface area (Å²) in [6, 6.07) is 15.3. The minimum absolute atomic E-state index is 0.0703. The molecule has 0 saturated heterocycles. The lowest BCUT2D eigenvalue weighted by Crippen LogP contribution is -2.44. The van der Waals surface area contributed by atoms with E-state index in [-0.39, 0.29) is 37.2 Å². The Morgan fingerprint density at radius 1 is 0.825 bits per heavy atom. The molecular formula is C43H43N7O6S. The van der Waals surface area contributed by atoms with Crippen LogP contribution in [0.1, 0.15) is 64.8 Å². The summed E-state index contributed by atoms with van der Waals surface area (Å²) in [4.78, 5) is 48.9. The average molecular weight is 786 g/mol. The van der Waals surface area contributed by atoms with Crippen LogP contribution < -0.4 is 18.9 Å². The molecule has 0 fully saturated rings. The van der Waals surface area contributed by atoms with Crippen LogP contribution in [-0.2, 0) is 52.7 Å². The van der Waals surface area contributed by atoms with Gasteiger partial charge in [0.05, 0.1) is 55.6 Å². The highest BCUT2D eigenvalue weighted by atomic mass is 32.1. The number of benzene rings is 3. The Bertz CT molecular complexity index is 2470. The van der Waals surface area contributed by atoms with Gasteiger partial charge in [0.2, 0.25) is 0 Å². The van der Waals surface area contributed by atoms with Gasteiger partial charge in [-0.05, 0) is 72.1 Å². The Kier molecular flexibility index (Phi) is 9.53. The van der Waals surface area contributed by atoms with Gasteiger partial charge in [-0.1, -0.05) is 12.1 Å². The number of carbonyl (C=O) groups excluding carboxylic acids is 2. The van der Waals surface area contributed by atoms with Crippen molar-refractivity contribution in [1.82, 2.24) is 24.3 Å². The van der Waals surface area contributed by atoms with Gasteiger partial charge in [0.15, 0.2) is 23.0 Å².